The Morgan fingerprint density at radius 2 is 2.00 bits per heavy atom. The number of benzene rings is 1. The second-order valence-electron chi connectivity index (χ2n) is 5.80. The van der Waals surface area contributed by atoms with Gasteiger partial charge in [-0.15, -0.1) is 0 Å². The minimum absolute atomic E-state index is 0.192. The van der Waals surface area contributed by atoms with Gasteiger partial charge in [0.25, 0.3) is 0 Å². The number of hydrogen-bond acceptors (Lipinski definition) is 4. The number of esters is 1. The highest BCUT2D eigenvalue weighted by molar-refractivity contribution is 5.77. The van der Waals surface area contributed by atoms with Crippen molar-refractivity contribution in [3.05, 3.63) is 29.3 Å². The summed E-state index contributed by atoms with van der Waals surface area (Å²) in [7, 11) is 2.01. The number of carbonyl (C=O) groups excluding carboxylic acids is 1. The fraction of sp³-hybridized carbons (Fsp3) is 0.588. The number of anilines is 1. The molecule has 0 aliphatic rings. The molecule has 0 saturated heterocycles. The molecule has 0 aromatic heterocycles. The molecule has 0 spiro atoms. The minimum Gasteiger partial charge on any atom is -0.465 e. The maximum atomic E-state index is 12.1. The van der Waals surface area contributed by atoms with Gasteiger partial charge in [0.15, 0.2) is 0 Å². The third kappa shape index (κ3) is 5.38. The van der Waals surface area contributed by atoms with Crippen LogP contribution in [0.15, 0.2) is 18.2 Å². The van der Waals surface area contributed by atoms with E-state index in [2.05, 4.69) is 42.3 Å². The lowest BCUT2D eigenvalue weighted by atomic mass is 10.1. The Hall–Kier alpha value is -1.55. The first-order valence-electron chi connectivity index (χ1n) is 7.56. The van der Waals surface area contributed by atoms with E-state index in [0.29, 0.717) is 13.2 Å². The molecule has 21 heavy (non-hydrogen) atoms. The first-order valence-corrected chi connectivity index (χ1v) is 7.56. The smallest absolute Gasteiger partial charge is 0.324 e. The normalized spacial score (nSPS) is 12.3. The standard InChI is InChI=1S/C17H28N2O2/c1-7-21-17(20)15(18-12(2)3)11-19(6)16-9-8-13(4)10-14(16)5/h8-10,12,15,18H,7,11H2,1-6H3. The lowest BCUT2D eigenvalue weighted by Gasteiger charge is -2.28. The molecule has 0 fully saturated rings. The Balaban J connectivity index is 2.83. The topological polar surface area (TPSA) is 41.6 Å². The number of aryl methyl sites for hydroxylation is 2. The van der Waals surface area contributed by atoms with Crippen LogP contribution in [0.4, 0.5) is 5.69 Å². The number of nitrogens with zero attached hydrogens (tertiary/aromatic N) is 1. The molecule has 0 saturated carbocycles. The van der Waals surface area contributed by atoms with Gasteiger partial charge in [-0.25, -0.2) is 0 Å². The molecule has 4 nitrogen and oxygen atoms in total. The number of rotatable bonds is 7. The molecule has 1 aromatic carbocycles. The summed E-state index contributed by atoms with van der Waals surface area (Å²) < 4.78 is 5.16. The highest BCUT2D eigenvalue weighted by Gasteiger charge is 2.22. The van der Waals surface area contributed by atoms with Crippen molar-refractivity contribution in [2.45, 2.75) is 46.7 Å². The van der Waals surface area contributed by atoms with Crippen LogP contribution in [0.25, 0.3) is 0 Å². The van der Waals surface area contributed by atoms with E-state index < -0.39 is 0 Å². The quantitative estimate of drug-likeness (QED) is 0.785. The van der Waals surface area contributed by atoms with Gasteiger partial charge in [-0.2, -0.15) is 0 Å². The van der Waals surface area contributed by atoms with E-state index in [-0.39, 0.29) is 18.1 Å². The van der Waals surface area contributed by atoms with Crippen LogP contribution in [-0.2, 0) is 9.53 Å². The number of hydrogen-bond donors (Lipinski definition) is 1. The first kappa shape index (κ1) is 17.5. The van der Waals surface area contributed by atoms with Crippen LogP contribution in [0.5, 0.6) is 0 Å². The Morgan fingerprint density at radius 3 is 2.52 bits per heavy atom. The van der Waals surface area contributed by atoms with Crippen molar-refractivity contribution >= 4 is 11.7 Å². The molecule has 0 aliphatic carbocycles. The van der Waals surface area contributed by atoms with Gasteiger partial charge in [-0.3, -0.25) is 4.79 Å². The second-order valence-corrected chi connectivity index (χ2v) is 5.80. The van der Waals surface area contributed by atoms with Gasteiger partial charge in [0.2, 0.25) is 0 Å². The SMILES string of the molecule is CCOC(=O)C(CN(C)c1ccc(C)cc1C)NC(C)C. The minimum atomic E-state index is -0.323. The van der Waals surface area contributed by atoms with E-state index in [4.69, 9.17) is 4.74 Å². The van der Waals surface area contributed by atoms with Crippen molar-refractivity contribution in [2.75, 3.05) is 25.1 Å². The van der Waals surface area contributed by atoms with Crippen LogP contribution in [0.1, 0.15) is 31.9 Å². The lowest BCUT2D eigenvalue weighted by molar-refractivity contribution is -0.145. The third-order valence-electron chi connectivity index (χ3n) is 3.33. The van der Waals surface area contributed by atoms with Gasteiger partial charge in [0.1, 0.15) is 6.04 Å². The van der Waals surface area contributed by atoms with Crippen molar-refractivity contribution in [3.8, 4) is 0 Å². The molecule has 0 amide bonds. The van der Waals surface area contributed by atoms with Gasteiger partial charge in [-0.05, 0) is 32.4 Å². The number of nitrogens with one attached hydrogen (secondary N) is 1. The van der Waals surface area contributed by atoms with Gasteiger partial charge in [0.05, 0.1) is 6.61 Å². The summed E-state index contributed by atoms with van der Waals surface area (Å²) in [5.41, 5.74) is 3.59. The van der Waals surface area contributed by atoms with Crippen molar-refractivity contribution in [1.82, 2.24) is 5.32 Å². The summed E-state index contributed by atoms with van der Waals surface area (Å²) in [6.07, 6.45) is 0. The highest BCUT2D eigenvalue weighted by atomic mass is 16.5. The van der Waals surface area contributed by atoms with Crippen molar-refractivity contribution in [1.29, 1.82) is 0 Å². The molecule has 4 heteroatoms. The summed E-state index contributed by atoms with van der Waals surface area (Å²) in [5, 5.41) is 3.28. The van der Waals surface area contributed by atoms with Gasteiger partial charge in [-0.1, -0.05) is 31.5 Å². The van der Waals surface area contributed by atoms with Gasteiger partial charge >= 0.3 is 5.97 Å². The third-order valence-corrected chi connectivity index (χ3v) is 3.33. The molecule has 0 bridgehead atoms. The largest absolute Gasteiger partial charge is 0.465 e. The van der Waals surface area contributed by atoms with Crippen LogP contribution in [0.2, 0.25) is 0 Å². The molecular weight excluding hydrogens is 264 g/mol. The first-order chi connectivity index (χ1) is 9.85. The molecule has 1 aromatic rings. The summed E-state index contributed by atoms with van der Waals surface area (Å²) in [4.78, 5) is 14.2. The molecule has 0 aliphatic heterocycles. The average Bonchev–Trinajstić information content (AvgIpc) is 2.37. The fourth-order valence-electron chi connectivity index (χ4n) is 2.45. The summed E-state index contributed by atoms with van der Waals surface area (Å²) in [6.45, 7) is 11.1. The zero-order valence-corrected chi connectivity index (χ0v) is 14.1. The van der Waals surface area contributed by atoms with Crippen LogP contribution >= 0.6 is 0 Å². The highest BCUT2D eigenvalue weighted by Crippen LogP contribution is 2.20. The monoisotopic (exact) mass is 292 g/mol. The van der Waals surface area contributed by atoms with E-state index in [9.17, 15) is 4.79 Å². The summed E-state index contributed by atoms with van der Waals surface area (Å²) in [6, 6.07) is 6.25. The maximum Gasteiger partial charge on any atom is 0.324 e. The second kappa shape index (κ2) is 8.03. The molecule has 1 unspecified atom stereocenters. The molecule has 0 heterocycles. The van der Waals surface area contributed by atoms with E-state index >= 15 is 0 Å². The zero-order chi connectivity index (χ0) is 16.0. The number of likely N-dealkylation sites (N-methyl/N-ethyl adjacent to an activating group) is 1. The van der Waals surface area contributed by atoms with E-state index in [0.717, 1.165) is 5.69 Å². The van der Waals surface area contributed by atoms with Crippen molar-refractivity contribution in [2.24, 2.45) is 0 Å². The fourth-order valence-corrected chi connectivity index (χ4v) is 2.45. The number of ether oxygens (including phenoxy) is 1. The Kier molecular flexibility index (Phi) is 6.69. The average molecular weight is 292 g/mol. The Bertz CT molecular complexity index is 472. The van der Waals surface area contributed by atoms with Crippen LogP contribution in [-0.4, -0.2) is 38.3 Å². The molecule has 1 atom stereocenters. The van der Waals surface area contributed by atoms with Gasteiger partial charge < -0.3 is 15.0 Å². The van der Waals surface area contributed by atoms with E-state index in [1.54, 1.807) is 0 Å². The predicted octanol–water partition coefficient (Wildman–Crippen LogP) is 2.67. The molecule has 0 radical (unpaired) electrons. The maximum absolute atomic E-state index is 12.1. The number of carbonyl (C=O) groups is 1. The van der Waals surface area contributed by atoms with Crippen molar-refractivity contribution < 1.29 is 9.53 Å². The zero-order valence-electron chi connectivity index (χ0n) is 14.1. The summed E-state index contributed by atoms with van der Waals surface area (Å²) in [5.74, 6) is -0.192. The van der Waals surface area contributed by atoms with Crippen LogP contribution in [0.3, 0.4) is 0 Å². The summed E-state index contributed by atoms with van der Waals surface area (Å²) >= 11 is 0. The van der Waals surface area contributed by atoms with Crippen molar-refractivity contribution in [3.63, 3.8) is 0 Å². The van der Waals surface area contributed by atoms with E-state index in [1.807, 2.05) is 27.8 Å². The molecule has 118 valence electrons. The Labute approximate surface area is 128 Å². The van der Waals surface area contributed by atoms with Gasteiger partial charge in [0, 0.05) is 25.3 Å². The van der Waals surface area contributed by atoms with Crippen LogP contribution < -0.4 is 10.2 Å². The lowest BCUT2D eigenvalue weighted by Crippen LogP contribution is -2.48. The molecule has 1 N–H and O–H groups in total. The molecular formula is C17H28N2O2. The Morgan fingerprint density at radius 1 is 1.33 bits per heavy atom. The van der Waals surface area contributed by atoms with Crippen LogP contribution in [0, 0.1) is 13.8 Å². The predicted molar refractivity (Wildman–Crippen MR) is 87.9 cm³/mol. The molecule has 1 rings (SSSR count). The van der Waals surface area contributed by atoms with E-state index in [1.165, 1.54) is 11.1 Å².